The van der Waals surface area contributed by atoms with E-state index in [4.69, 9.17) is 9.84 Å². The fourth-order valence-electron chi connectivity index (χ4n) is 2.58. The van der Waals surface area contributed by atoms with Gasteiger partial charge in [-0.25, -0.2) is 4.79 Å². The number of rotatable bonds is 10. The van der Waals surface area contributed by atoms with Crippen molar-refractivity contribution in [1.29, 1.82) is 0 Å². The Balaban J connectivity index is 0.00000277. The van der Waals surface area contributed by atoms with Crippen LogP contribution in [0.5, 0.6) is 0 Å². The number of aliphatic carboxylic acids is 1. The number of nitrogens with zero attached hydrogens (tertiary/aromatic N) is 2. The number of carboxylic acid groups (broad SMARTS) is 1. The molecular formula is C20H38N2O3. The maximum absolute atomic E-state index is 10.9. The first-order chi connectivity index (χ1) is 12.0. The highest BCUT2D eigenvalue weighted by Crippen LogP contribution is 2.08. The van der Waals surface area contributed by atoms with Gasteiger partial charge in [0.25, 0.3) is 0 Å². The van der Waals surface area contributed by atoms with E-state index in [1.54, 1.807) is 12.2 Å². The van der Waals surface area contributed by atoms with Gasteiger partial charge < -0.3 is 19.6 Å². The smallest absolute Gasteiger partial charge is 0.331 e. The molecule has 146 valence electrons. The number of carboxylic acids is 1. The molecule has 1 saturated heterocycles. The molecule has 25 heavy (non-hydrogen) atoms. The van der Waals surface area contributed by atoms with Crippen LogP contribution in [-0.2, 0) is 9.53 Å². The Kier molecular flexibility index (Phi) is 14.2. The zero-order valence-corrected chi connectivity index (χ0v) is 16.9. The van der Waals surface area contributed by atoms with Gasteiger partial charge >= 0.3 is 5.97 Å². The van der Waals surface area contributed by atoms with E-state index in [0.717, 1.165) is 25.4 Å². The molecule has 0 spiro atoms. The summed E-state index contributed by atoms with van der Waals surface area (Å²) >= 11 is 0. The molecule has 0 aromatic carbocycles. The SMILES string of the molecule is CC.CC/C(=C\C=C(/C)OCCN(C)CCN1CCCCC1)C(=O)O. The first-order valence-corrected chi connectivity index (χ1v) is 9.67. The zero-order valence-electron chi connectivity index (χ0n) is 16.9. The summed E-state index contributed by atoms with van der Waals surface area (Å²) in [5.74, 6) is -0.115. The van der Waals surface area contributed by atoms with E-state index in [1.807, 2.05) is 27.7 Å². The van der Waals surface area contributed by atoms with E-state index in [-0.39, 0.29) is 0 Å². The van der Waals surface area contributed by atoms with Crippen LogP contribution < -0.4 is 0 Å². The van der Waals surface area contributed by atoms with E-state index >= 15 is 0 Å². The van der Waals surface area contributed by atoms with Crippen LogP contribution >= 0.6 is 0 Å². The van der Waals surface area contributed by atoms with Crippen LogP contribution in [0.15, 0.2) is 23.5 Å². The number of piperidine rings is 1. The number of ether oxygens (including phenoxy) is 1. The first kappa shape index (κ1) is 23.7. The fraction of sp³-hybridized carbons (Fsp3) is 0.750. The Bertz CT molecular complexity index is 413. The third-order valence-electron chi connectivity index (χ3n) is 4.22. The molecule has 1 aliphatic rings. The van der Waals surface area contributed by atoms with Crippen molar-refractivity contribution in [1.82, 2.24) is 9.80 Å². The highest BCUT2D eigenvalue weighted by molar-refractivity contribution is 5.86. The molecule has 0 aromatic heterocycles. The number of carbonyl (C=O) groups is 1. The van der Waals surface area contributed by atoms with Crippen molar-refractivity contribution in [2.45, 2.75) is 53.4 Å². The Morgan fingerprint density at radius 2 is 1.80 bits per heavy atom. The van der Waals surface area contributed by atoms with Crippen LogP contribution in [0.2, 0.25) is 0 Å². The second-order valence-electron chi connectivity index (χ2n) is 6.18. The van der Waals surface area contributed by atoms with Gasteiger partial charge in [-0.2, -0.15) is 0 Å². The summed E-state index contributed by atoms with van der Waals surface area (Å²) in [5, 5.41) is 8.95. The van der Waals surface area contributed by atoms with Crippen LogP contribution in [0.3, 0.4) is 0 Å². The first-order valence-electron chi connectivity index (χ1n) is 9.67. The lowest BCUT2D eigenvalue weighted by Crippen LogP contribution is -2.37. The average molecular weight is 355 g/mol. The molecule has 1 aliphatic heterocycles. The largest absolute Gasteiger partial charge is 0.497 e. The Labute approximate surface area is 154 Å². The molecule has 0 aliphatic carbocycles. The summed E-state index contributed by atoms with van der Waals surface area (Å²) in [6.07, 6.45) is 7.92. The summed E-state index contributed by atoms with van der Waals surface area (Å²) in [7, 11) is 2.12. The van der Waals surface area contributed by atoms with Gasteiger partial charge in [-0.1, -0.05) is 27.2 Å². The van der Waals surface area contributed by atoms with E-state index in [1.165, 1.54) is 32.4 Å². The molecule has 1 heterocycles. The highest BCUT2D eigenvalue weighted by Gasteiger charge is 2.10. The van der Waals surface area contributed by atoms with Crippen molar-refractivity contribution < 1.29 is 14.6 Å². The highest BCUT2D eigenvalue weighted by atomic mass is 16.5. The van der Waals surface area contributed by atoms with E-state index in [0.29, 0.717) is 18.6 Å². The normalized spacial score (nSPS) is 16.4. The monoisotopic (exact) mass is 354 g/mol. The van der Waals surface area contributed by atoms with Crippen LogP contribution in [0.1, 0.15) is 53.4 Å². The van der Waals surface area contributed by atoms with E-state index in [2.05, 4.69) is 16.8 Å². The maximum Gasteiger partial charge on any atom is 0.331 e. The Morgan fingerprint density at radius 3 is 2.36 bits per heavy atom. The van der Waals surface area contributed by atoms with E-state index < -0.39 is 5.97 Å². The minimum Gasteiger partial charge on any atom is -0.497 e. The van der Waals surface area contributed by atoms with Crippen molar-refractivity contribution in [2.75, 3.05) is 46.4 Å². The molecule has 0 aromatic rings. The van der Waals surface area contributed by atoms with Gasteiger partial charge in [-0.15, -0.1) is 0 Å². The van der Waals surface area contributed by atoms with Gasteiger partial charge in [0.2, 0.25) is 0 Å². The molecule has 0 unspecified atom stereocenters. The molecule has 1 fully saturated rings. The second kappa shape index (κ2) is 15.0. The molecule has 0 bridgehead atoms. The fourth-order valence-corrected chi connectivity index (χ4v) is 2.58. The third-order valence-corrected chi connectivity index (χ3v) is 4.22. The topological polar surface area (TPSA) is 53.0 Å². The zero-order chi connectivity index (χ0) is 19.1. The van der Waals surface area contributed by atoms with Gasteiger partial charge in [0.05, 0.1) is 5.76 Å². The molecule has 1 N–H and O–H groups in total. The van der Waals surface area contributed by atoms with Gasteiger partial charge in [-0.05, 0) is 58.5 Å². The molecule has 0 saturated carbocycles. The van der Waals surface area contributed by atoms with Gasteiger partial charge in [0.1, 0.15) is 6.61 Å². The molecular weight excluding hydrogens is 316 g/mol. The average Bonchev–Trinajstić information content (AvgIpc) is 2.63. The maximum atomic E-state index is 10.9. The Hall–Kier alpha value is -1.33. The minimum absolute atomic E-state index is 0.395. The molecule has 5 heteroatoms. The molecule has 0 atom stereocenters. The summed E-state index contributed by atoms with van der Waals surface area (Å²) in [5.41, 5.74) is 0.395. The standard InChI is InChI=1S/C18H32N2O3.C2H6/c1-4-17(18(21)22)9-8-16(2)23-15-14-19(3)12-13-20-10-6-5-7-11-20;1-2/h8-9H,4-7,10-15H2,1-3H3,(H,21,22);1-2H3/b16-8+,17-9+;. The van der Waals surface area contributed by atoms with Crippen LogP contribution in [-0.4, -0.2) is 67.3 Å². The van der Waals surface area contributed by atoms with Crippen molar-refractivity contribution >= 4 is 5.97 Å². The summed E-state index contributed by atoms with van der Waals surface area (Å²) in [6.45, 7) is 13.9. The predicted molar refractivity (Wildman–Crippen MR) is 105 cm³/mol. The lowest BCUT2D eigenvalue weighted by molar-refractivity contribution is -0.132. The third kappa shape index (κ3) is 11.8. The number of likely N-dealkylation sites (N-methyl/N-ethyl adjacent to an activating group) is 1. The van der Waals surface area contributed by atoms with Crippen LogP contribution in [0.4, 0.5) is 0 Å². The summed E-state index contributed by atoms with van der Waals surface area (Å²) in [6, 6.07) is 0. The van der Waals surface area contributed by atoms with Gasteiger partial charge in [0, 0.05) is 25.2 Å². The van der Waals surface area contributed by atoms with Crippen molar-refractivity contribution in [3.8, 4) is 0 Å². The number of hydrogen-bond acceptors (Lipinski definition) is 4. The summed E-state index contributed by atoms with van der Waals surface area (Å²) in [4.78, 5) is 15.7. The molecule has 1 rings (SSSR count). The lowest BCUT2D eigenvalue weighted by atomic mass is 10.1. The van der Waals surface area contributed by atoms with Crippen LogP contribution in [0, 0.1) is 0 Å². The van der Waals surface area contributed by atoms with Crippen molar-refractivity contribution in [3.63, 3.8) is 0 Å². The number of likely N-dealkylation sites (tertiary alicyclic amines) is 1. The quantitative estimate of drug-likeness (QED) is 0.368. The molecule has 0 amide bonds. The Morgan fingerprint density at radius 1 is 1.16 bits per heavy atom. The van der Waals surface area contributed by atoms with Crippen LogP contribution in [0.25, 0.3) is 0 Å². The molecule has 0 radical (unpaired) electrons. The van der Waals surface area contributed by atoms with Gasteiger partial charge in [0.15, 0.2) is 0 Å². The van der Waals surface area contributed by atoms with Gasteiger partial charge in [-0.3, -0.25) is 0 Å². The number of allylic oxidation sites excluding steroid dienone is 3. The lowest BCUT2D eigenvalue weighted by Gasteiger charge is -2.28. The number of hydrogen-bond donors (Lipinski definition) is 1. The minimum atomic E-state index is -0.867. The summed E-state index contributed by atoms with van der Waals surface area (Å²) < 4.78 is 5.65. The molecule has 5 nitrogen and oxygen atoms in total. The van der Waals surface area contributed by atoms with Crippen molar-refractivity contribution in [2.24, 2.45) is 0 Å². The van der Waals surface area contributed by atoms with E-state index in [9.17, 15) is 4.79 Å². The van der Waals surface area contributed by atoms with Crippen molar-refractivity contribution in [3.05, 3.63) is 23.5 Å². The second-order valence-corrected chi connectivity index (χ2v) is 6.18. The predicted octanol–water partition coefficient (Wildman–Crippen LogP) is 3.77.